The lowest BCUT2D eigenvalue weighted by Crippen LogP contribution is -2.21. The van der Waals surface area contributed by atoms with Crippen molar-refractivity contribution in [3.63, 3.8) is 0 Å². The topological polar surface area (TPSA) is 37.3 Å². The molecule has 0 amide bonds. The maximum Gasteiger partial charge on any atom is 0.335 e. The number of benzene rings is 3. The van der Waals surface area contributed by atoms with Gasteiger partial charge < -0.3 is 5.11 Å². The summed E-state index contributed by atoms with van der Waals surface area (Å²) in [6.45, 7) is 4.58. The van der Waals surface area contributed by atoms with Gasteiger partial charge in [0.2, 0.25) is 0 Å². The third-order valence-corrected chi connectivity index (χ3v) is 6.71. The molecule has 0 aliphatic heterocycles. The van der Waals surface area contributed by atoms with Crippen molar-refractivity contribution >= 4 is 22.6 Å². The van der Waals surface area contributed by atoms with Crippen LogP contribution in [0.25, 0.3) is 4.91 Å². The Balaban J connectivity index is 1.60. The van der Waals surface area contributed by atoms with E-state index in [9.17, 15) is 4.79 Å². The van der Waals surface area contributed by atoms with Gasteiger partial charge in [-0.15, -0.1) is 11.8 Å². The minimum Gasteiger partial charge on any atom is -0.478 e. The lowest BCUT2D eigenvalue weighted by atomic mass is 9.75. The molecule has 154 valence electrons. The van der Waals surface area contributed by atoms with E-state index in [4.69, 9.17) is 5.11 Å². The van der Waals surface area contributed by atoms with Gasteiger partial charge in [0.15, 0.2) is 0 Å². The molecule has 1 aliphatic rings. The minimum atomic E-state index is -0.927. The van der Waals surface area contributed by atoms with E-state index in [1.807, 2.05) is 17.8 Å². The molecule has 1 N–H and O–H groups in total. The Hall–Kier alpha value is -3.22. The summed E-state index contributed by atoms with van der Waals surface area (Å²) >= 11 is 1.88. The van der Waals surface area contributed by atoms with Crippen LogP contribution in [0.5, 0.6) is 0 Å². The first-order chi connectivity index (χ1) is 14.9. The van der Waals surface area contributed by atoms with Crippen molar-refractivity contribution in [3.05, 3.63) is 112 Å². The fourth-order valence-electron chi connectivity index (χ4n) is 3.70. The molecule has 0 saturated carbocycles. The molecule has 0 bridgehead atoms. The summed E-state index contributed by atoms with van der Waals surface area (Å²) in [7, 11) is 0. The molecule has 3 aromatic carbocycles. The SMILES string of the molecule is CC1(C)CC=C(SCc2ccccc2)c2cc(C#Cc3ccc(C(=O)O)cc3)ccc21. The van der Waals surface area contributed by atoms with Crippen LogP contribution in [0.4, 0.5) is 0 Å². The van der Waals surface area contributed by atoms with Crippen LogP contribution in [0.15, 0.2) is 78.9 Å². The lowest BCUT2D eigenvalue weighted by Gasteiger charge is -2.32. The first-order valence-corrected chi connectivity index (χ1v) is 11.3. The Morgan fingerprint density at radius 2 is 1.65 bits per heavy atom. The fraction of sp³-hybridized carbons (Fsp3) is 0.179. The molecule has 3 aromatic rings. The van der Waals surface area contributed by atoms with Crippen molar-refractivity contribution < 1.29 is 9.90 Å². The maximum absolute atomic E-state index is 11.0. The van der Waals surface area contributed by atoms with E-state index in [0.717, 1.165) is 23.3 Å². The van der Waals surface area contributed by atoms with Gasteiger partial charge in [-0.25, -0.2) is 4.79 Å². The molecule has 1 aliphatic carbocycles. The van der Waals surface area contributed by atoms with Crippen molar-refractivity contribution in [2.75, 3.05) is 0 Å². The largest absolute Gasteiger partial charge is 0.478 e. The molecule has 0 spiro atoms. The third kappa shape index (κ3) is 4.93. The molecule has 0 radical (unpaired) electrons. The summed E-state index contributed by atoms with van der Waals surface area (Å²) < 4.78 is 0. The van der Waals surface area contributed by atoms with Crippen molar-refractivity contribution in [3.8, 4) is 11.8 Å². The normalized spacial score (nSPS) is 14.1. The Bertz CT molecular complexity index is 1190. The van der Waals surface area contributed by atoms with Gasteiger partial charge in [0.1, 0.15) is 0 Å². The summed E-state index contributed by atoms with van der Waals surface area (Å²) in [5, 5.41) is 9.04. The van der Waals surface area contributed by atoms with E-state index < -0.39 is 5.97 Å². The quantitative estimate of drug-likeness (QED) is 0.471. The second-order valence-corrected chi connectivity index (χ2v) is 9.34. The van der Waals surface area contributed by atoms with Crippen molar-refractivity contribution in [1.29, 1.82) is 0 Å². The van der Waals surface area contributed by atoms with Crippen LogP contribution >= 0.6 is 11.8 Å². The van der Waals surface area contributed by atoms with Gasteiger partial charge in [-0.05, 0) is 64.9 Å². The first kappa shape index (κ1) is 21.0. The molecule has 4 rings (SSSR count). The van der Waals surface area contributed by atoms with Crippen LogP contribution in [0.3, 0.4) is 0 Å². The summed E-state index contributed by atoms with van der Waals surface area (Å²) in [4.78, 5) is 12.3. The molecule has 3 heteroatoms. The molecule has 0 fully saturated rings. The van der Waals surface area contributed by atoms with Gasteiger partial charge in [-0.1, -0.05) is 68.2 Å². The molecular formula is C28H24O2S. The zero-order chi connectivity index (χ0) is 21.8. The van der Waals surface area contributed by atoms with Gasteiger partial charge >= 0.3 is 5.97 Å². The second-order valence-electron chi connectivity index (χ2n) is 8.32. The van der Waals surface area contributed by atoms with E-state index >= 15 is 0 Å². The summed E-state index contributed by atoms with van der Waals surface area (Å²) in [5.74, 6) is 6.42. The summed E-state index contributed by atoms with van der Waals surface area (Å²) in [5.41, 5.74) is 6.09. The molecule has 2 nitrogen and oxygen atoms in total. The number of hydrogen-bond donors (Lipinski definition) is 1. The maximum atomic E-state index is 11.0. The fourth-order valence-corrected chi connectivity index (χ4v) is 4.74. The number of carbonyl (C=O) groups is 1. The van der Waals surface area contributed by atoms with Gasteiger partial charge in [0.25, 0.3) is 0 Å². The first-order valence-electron chi connectivity index (χ1n) is 10.3. The number of carboxylic acids is 1. The molecular weight excluding hydrogens is 400 g/mol. The Kier molecular flexibility index (Phi) is 6.02. The Morgan fingerprint density at radius 1 is 0.968 bits per heavy atom. The van der Waals surface area contributed by atoms with Gasteiger partial charge in [-0.3, -0.25) is 0 Å². The summed E-state index contributed by atoms with van der Waals surface area (Å²) in [6, 6.07) is 23.7. The van der Waals surface area contributed by atoms with Gasteiger partial charge in [0.05, 0.1) is 5.56 Å². The average molecular weight is 425 g/mol. The Labute approximate surface area is 188 Å². The number of aromatic carboxylic acids is 1. The van der Waals surface area contributed by atoms with E-state index in [1.165, 1.54) is 21.6 Å². The van der Waals surface area contributed by atoms with Crippen LogP contribution in [0.2, 0.25) is 0 Å². The zero-order valence-electron chi connectivity index (χ0n) is 17.7. The number of rotatable bonds is 4. The van der Waals surface area contributed by atoms with Crippen LogP contribution in [-0.2, 0) is 11.2 Å². The lowest BCUT2D eigenvalue weighted by molar-refractivity contribution is 0.0697. The third-order valence-electron chi connectivity index (χ3n) is 5.53. The minimum absolute atomic E-state index is 0.102. The van der Waals surface area contributed by atoms with Crippen molar-refractivity contribution in [1.82, 2.24) is 0 Å². The predicted molar refractivity (Wildman–Crippen MR) is 129 cm³/mol. The van der Waals surface area contributed by atoms with E-state index in [2.05, 4.69) is 74.2 Å². The zero-order valence-corrected chi connectivity index (χ0v) is 18.5. The standard InChI is InChI=1S/C28H24O2S/c1-28(2)17-16-26(31-19-22-6-4-3-5-7-22)24-18-21(12-15-25(24)28)9-8-20-10-13-23(14-11-20)27(29)30/h3-7,10-16,18H,17,19H2,1-2H3,(H,29,30). The Morgan fingerprint density at radius 3 is 2.35 bits per heavy atom. The van der Waals surface area contributed by atoms with Crippen molar-refractivity contribution in [2.45, 2.75) is 31.4 Å². The highest BCUT2D eigenvalue weighted by molar-refractivity contribution is 8.07. The van der Waals surface area contributed by atoms with Crippen LogP contribution in [0.1, 0.15) is 58.4 Å². The molecule has 31 heavy (non-hydrogen) atoms. The molecule has 0 heterocycles. The molecule has 0 saturated heterocycles. The average Bonchev–Trinajstić information content (AvgIpc) is 2.78. The summed E-state index contributed by atoms with van der Waals surface area (Å²) in [6.07, 6.45) is 3.38. The highest BCUT2D eigenvalue weighted by Gasteiger charge is 2.28. The smallest absolute Gasteiger partial charge is 0.335 e. The van der Waals surface area contributed by atoms with Crippen LogP contribution in [0, 0.1) is 11.8 Å². The van der Waals surface area contributed by atoms with Gasteiger partial charge in [0, 0.05) is 21.8 Å². The number of hydrogen-bond acceptors (Lipinski definition) is 2. The number of allylic oxidation sites excluding steroid dienone is 1. The molecule has 0 atom stereocenters. The number of thioether (sulfide) groups is 1. The molecule has 0 aromatic heterocycles. The highest BCUT2D eigenvalue weighted by Crippen LogP contribution is 2.44. The van der Waals surface area contributed by atoms with Crippen molar-refractivity contribution in [2.24, 2.45) is 0 Å². The van der Waals surface area contributed by atoms with Crippen LogP contribution < -0.4 is 0 Å². The number of fused-ring (bicyclic) bond motifs is 1. The predicted octanol–water partition coefficient (Wildman–Crippen LogP) is 6.74. The second kappa shape index (κ2) is 8.88. The monoisotopic (exact) mass is 424 g/mol. The van der Waals surface area contributed by atoms with E-state index in [1.54, 1.807) is 24.3 Å². The molecule has 0 unspecified atom stereocenters. The number of carboxylic acid groups (broad SMARTS) is 1. The van der Waals surface area contributed by atoms with E-state index in [-0.39, 0.29) is 11.0 Å². The van der Waals surface area contributed by atoms with Crippen LogP contribution in [-0.4, -0.2) is 11.1 Å². The van der Waals surface area contributed by atoms with Gasteiger partial charge in [-0.2, -0.15) is 0 Å². The van der Waals surface area contributed by atoms with E-state index in [0.29, 0.717) is 0 Å². The highest BCUT2D eigenvalue weighted by atomic mass is 32.2.